The van der Waals surface area contributed by atoms with Gasteiger partial charge in [-0.2, -0.15) is 0 Å². The Kier molecular flexibility index (Phi) is 4.66. The van der Waals surface area contributed by atoms with Crippen molar-refractivity contribution in [3.8, 4) is 0 Å². The van der Waals surface area contributed by atoms with Crippen LogP contribution in [0.2, 0.25) is 0 Å². The van der Waals surface area contributed by atoms with Crippen LogP contribution in [0.5, 0.6) is 0 Å². The molecule has 0 aliphatic carbocycles. The predicted octanol–water partition coefficient (Wildman–Crippen LogP) is 3.79. The maximum absolute atomic E-state index is 12.9. The molecule has 1 N–H and O–H groups in total. The van der Waals surface area contributed by atoms with E-state index >= 15 is 0 Å². The van der Waals surface area contributed by atoms with Gasteiger partial charge in [0.25, 0.3) is 11.8 Å². The molecule has 6 heteroatoms. The summed E-state index contributed by atoms with van der Waals surface area (Å²) >= 11 is 6.20. The van der Waals surface area contributed by atoms with Crippen LogP contribution in [-0.2, 0) is 14.4 Å². The van der Waals surface area contributed by atoms with Crippen LogP contribution in [0.25, 0.3) is 5.57 Å². The number of nitrogens with zero attached hydrogens (tertiary/aromatic N) is 1. The molecule has 1 heterocycles. The van der Waals surface area contributed by atoms with Gasteiger partial charge in [-0.1, -0.05) is 29.8 Å². The highest BCUT2D eigenvalue weighted by atomic mass is 35.5. The summed E-state index contributed by atoms with van der Waals surface area (Å²) in [5.74, 6) is -1.19. The van der Waals surface area contributed by atoms with E-state index in [1.165, 1.54) is 6.92 Å². The first-order valence-electron chi connectivity index (χ1n) is 8.03. The van der Waals surface area contributed by atoms with Crippen molar-refractivity contribution in [3.05, 3.63) is 64.2 Å². The maximum atomic E-state index is 12.9. The number of nitrogens with one attached hydrogen (secondary N) is 1. The van der Waals surface area contributed by atoms with E-state index in [0.717, 1.165) is 16.0 Å². The third-order valence-corrected chi connectivity index (χ3v) is 4.62. The molecule has 26 heavy (non-hydrogen) atoms. The Labute approximate surface area is 156 Å². The summed E-state index contributed by atoms with van der Waals surface area (Å²) in [6.45, 7) is 5.29. The van der Waals surface area contributed by atoms with Crippen molar-refractivity contribution in [1.29, 1.82) is 0 Å². The Hall–Kier alpha value is -2.92. The number of benzene rings is 2. The minimum absolute atomic E-state index is 0.111. The van der Waals surface area contributed by atoms with E-state index in [-0.39, 0.29) is 16.5 Å². The summed E-state index contributed by atoms with van der Waals surface area (Å²) in [6, 6.07) is 12.0. The molecule has 0 spiro atoms. The number of anilines is 2. The lowest BCUT2D eigenvalue weighted by atomic mass is 10.1. The molecule has 0 radical (unpaired) electrons. The minimum Gasteiger partial charge on any atom is -0.326 e. The highest BCUT2D eigenvalue weighted by molar-refractivity contribution is 6.60. The van der Waals surface area contributed by atoms with E-state index in [9.17, 15) is 14.4 Å². The van der Waals surface area contributed by atoms with Crippen LogP contribution in [-0.4, -0.2) is 17.7 Å². The molecule has 1 aliphatic rings. The molecule has 0 unspecified atom stereocenters. The van der Waals surface area contributed by atoms with Crippen LogP contribution in [0.3, 0.4) is 0 Å². The molecule has 0 bridgehead atoms. The SMILES string of the molecule is CC(=O)Nc1ccc(C2=C(Cl)C(=O)N(c3ccc(C)c(C)c3)C2=O)cc1. The van der Waals surface area contributed by atoms with Crippen molar-refractivity contribution < 1.29 is 14.4 Å². The van der Waals surface area contributed by atoms with Crippen molar-refractivity contribution in [2.24, 2.45) is 0 Å². The van der Waals surface area contributed by atoms with Crippen molar-refractivity contribution >= 4 is 46.3 Å². The molecule has 2 aromatic rings. The van der Waals surface area contributed by atoms with E-state index in [1.54, 1.807) is 36.4 Å². The van der Waals surface area contributed by atoms with Crippen molar-refractivity contribution in [2.75, 3.05) is 10.2 Å². The average Bonchev–Trinajstić information content (AvgIpc) is 2.80. The topological polar surface area (TPSA) is 66.5 Å². The zero-order valence-electron chi connectivity index (χ0n) is 14.6. The summed E-state index contributed by atoms with van der Waals surface area (Å²) in [4.78, 5) is 37.6. The second-order valence-corrected chi connectivity index (χ2v) is 6.54. The van der Waals surface area contributed by atoms with Crippen molar-refractivity contribution in [2.45, 2.75) is 20.8 Å². The molecule has 0 atom stereocenters. The Morgan fingerprint density at radius 2 is 1.62 bits per heavy atom. The second kappa shape index (κ2) is 6.77. The van der Waals surface area contributed by atoms with Crippen LogP contribution in [0, 0.1) is 13.8 Å². The molecule has 3 rings (SSSR count). The van der Waals surface area contributed by atoms with Crippen LogP contribution >= 0.6 is 11.6 Å². The lowest BCUT2D eigenvalue weighted by Crippen LogP contribution is -2.31. The monoisotopic (exact) mass is 368 g/mol. The molecule has 132 valence electrons. The fourth-order valence-electron chi connectivity index (χ4n) is 2.78. The van der Waals surface area contributed by atoms with E-state index in [0.29, 0.717) is 16.9 Å². The van der Waals surface area contributed by atoms with Gasteiger partial charge in [0.2, 0.25) is 5.91 Å². The lowest BCUT2D eigenvalue weighted by molar-refractivity contribution is -0.120. The summed E-state index contributed by atoms with van der Waals surface area (Å²) in [7, 11) is 0. The Balaban J connectivity index is 1.96. The average molecular weight is 369 g/mol. The first kappa shape index (κ1) is 17.9. The van der Waals surface area contributed by atoms with Gasteiger partial charge in [-0.15, -0.1) is 0 Å². The van der Waals surface area contributed by atoms with Crippen LogP contribution < -0.4 is 10.2 Å². The fourth-order valence-corrected chi connectivity index (χ4v) is 3.05. The third-order valence-electron chi connectivity index (χ3n) is 4.27. The highest BCUT2D eigenvalue weighted by Crippen LogP contribution is 2.35. The molecule has 3 amide bonds. The number of hydrogen-bond donors (Lipinski definition) is 1. The molecule has 0 saturated heterocycles. The lowest BCUT2D eigenvalue weighted by Gasteiger charge is -2.16. The number of carbonyl (C=O) groups is 3. The van der Waals surface area contributed by atoms with Gasteiger partial charge in [0.05, 0.1) is 11.3 Å². The maximum Gasteiger partial charge on any atom is 0.277 e. The smallest absolute Gasteiger partial charge is 0.277 e. The summed E-state index contributed by atoms with van der Waals surface area (Å²) in [5.41, 5.74) is 3.82. The van der Waals surface area contributed by atoms with Gasteiger partial charge in [-0.05, 0) is 54.8 Å². The zero-order chi connectivity index (χ0) is 19.0. The Morgan fingerprint density at radius 3 is 2.19 bits per heavy atom. The van der Waals surface area contributed by atoms with E-state index < -0.39 is 11.8 Å². The molecule has 0 fully saturated rings. The van der Waals surface area contributed by atoms with Gasteiger partial charge < -0.3 is 5.32 Å². The van der Waals surface area contributed by atoms with E-state index in [2.05, 4.69) is 5.32 Å². The summed E-state index contributed by atoms with van der Waals surface area (Å²) in [5, 5.41) is 2.54. The van der Waals surface area contributed by atoms with Crippen LogP contribution in [0.4, 0.5) is 11.4 Å². The molecule has 0 aromatic heterocycles. The largest absolute Gasteiger partial charge is 0.326 e. The van der Waals surface area contributed by atoms with Gasteiger partial charge >= 0.3 is 0 Å². The van der Waals surface area contributed by atoms with E-state index in [1.807, 2.05) is 19.9 Å². The number of halogens is 1. The normalized spacial score (nSPS) is 14.2. The Morgan fingerprint density at radius 1 is 0.962 bits per heavy atom. The second-order valence-electron chi connectivity index (χ2n) is 6.16. The number of hydrogen-bond acceptors (Lipinski definition) is 3. The van der Waals surface area contributed by atoms with Crippen LogP contribution in [0.1, 0.15) is 23.6 Å². The predicted molar refractivity (Wildman–Crippen MR) is 102 cm³/mol. The number of carbonyl (C=O) groups excluding carboxylic acids is 3. The number of imide groups is 1. The van der Waals surface area contributed by atoms with Gasteiger partial charge in [-0.3, -0.25) is 14.4 Å². The molecule has 1 aliphatic heterocycles. The first-order valence-corrected chi connectivity index (χ1v) is 8.41. The van der Waals surface area contributed by atoms with Crippen molar-refractivity contribution in [3.63, 3.8) is 0 Å². The molecule has 5 nitrogen and oxygen atoms in total. The summed E-state index contributed by atoms with van der Waals surface area (Å²) < 4.78 is 0. The van der Waals surface area contributed by atoms with Crippen molar-refractivity contribution in [1.82, 2.24) is 0 Å². The quantitative estimate of drug-likeness (QED) is 0.838. The van der Waals surface area contributed by atoms with Crippen LogP contribution in [0.15, 0.2) is 47.5 Å². The molecular formula is C20H17ClN2O3. The van der Waals surface area contributed by atoms with Gasteiger partial charge in [-0.25, -0.2) is 4.90 Å². The molecule has 0 saturated carbocycles. The molecule has 2 aromatic carbocycles. The minimum atomic E-state index is -0.541. The standard InChI is InChI=1S/C20H17ClN2O3/c1-11-4-9-16(10-12(11)2)23-19(25)17(18(21)20(23)26)14-5-7-15(8-6-14)22-13(3)24/h4-10H,1-3H3,(H,22,24). The highest BCUT2D eigenvalue weighted by Gasteiger charge is 2.39. The molecular weight excluding hydrogens is 352 g/mol. The van der Waals surface area contributed by atoms with Gasteiger partial charge in [0.1, 0.15) is 5.03 Å². The van der Waals surface area contributed by atoms with Gasteiger partial charge in [0.15, 0.2) is 0 Å². The van der Waals surface area contributed by atoms with Gasteiger partial charge in [0, 0.05) is 12.6 Å². The van der Waals surface area contributed by atoms with E-state index in [4.69, 9.17) is 11.6 Å². The third kappa shape index (κ3) is 3.13. The Bertz CT molecular complexity index is 962. The summed E-state index contributed by atoms with van der Waals surface area (Å²) in [6.07, 6.45) is 0. The number of aryl methyl sites for hydroxylation is 2. The zero-order valence-corrected chi connectivity index (χ0v) is 15.3. The number of amides is 3. The first-order chi connectivity index (χ1) is 12.3. The fraction of sp³-hybridized carbons (Fsp3) is 0.150. The number of rotatable bonds is 3.